The highest BCUT2D eigenvalue weighted by Gasteiger charge is 2.45. The third kappa shape index (κ3) is 4.01. The van der Waals surface area contributed by atoms with Crippen molar-refractivity contribution in [3.8, 4) is 0 Å². The van der Waals surface area contributed by atoms with Gasteiger partial charge in [-0.15, -0.1) is 0 Å². The molecule has 1 unspecified atom stereocenters. The topological polar surface area (TPSA) is 66.8 Å². The van der Waals surface area contributed by atoms with Crippen molar-refractivity contribution in [3.63, 3.8) is 0 Å². The summed E-state index contributed by atoms with van der Waals surface area (Å²) < 4.78 is 5.24. The van der Waals surface area contributed by atoms with Gasteiger partial charge in [0.2, 0.25) is 0 Å². The Labute approximate surface area is 109 Å². The zero-order chi connectivity index (χ0) is 14.1. The van der Waals surface area contributed by atoms with Gasteiger partial charge in [-0.3, -0.25) is 4.90 Å². The number of rotatable bonds is 2. The first-order valence-corrected chi connectivity index (χ1v) is 9.59. The van der Waals surface area contributed by atoms with Gasteiger partial charge in [-0.05, 0) is 11.5 Å². The highest BCUT2D eigenvalue weighted by molar-refractivity contribution is 6.78. The Balaban J connectivity index is 2.69. The van der Waals surface area contributed by atoms with Crippen molar-refractivity contribution in [1.29, 1.82) is 0 Å². The van der Waals surface area contributed by atoms with Crippen LogP contribution >= 0.6 is 0 Å². The Morgan fingerprint density at radius 3 is 2.39 bits per heavy atom. The van der Waals surface area contributed by atoms with E-state index in [9.17, 15) is 9.59 Å². The van der Waals surface area contributed by atoms with Crippen molar-refractivity contribution in [3.05, 3.63) is 0 Å². The predicted octanol–water partition coefficient (Wildman–Crippen LogP) is 2.19. The standard InChI is InChI=1S/C12H23NO4Si/c1-12(2,3)7-17-10(14)9-6-18(4,5)8-13(9)11(15)16/h9H,6-8H2,1-5H3,(H,15,16). The lowest BCUT2D eigenvalue weighted by Crippen LogP contribution is -2.41. The maximum absolute atomic E-state index is 12.0. The molecule has 104 valence electrons. The van der Waals surface area contributed by atoms with Crippen molar-refractivity contribution in [2.75, 3.05) is 12.8 Å². The van der Waals surface area contributed by atoms with Gasteiger partial charge in [0, 0.05) is 6.17 Å². The second-order valence-electron chi connectivity index (χ2n) is 6.96. The third-order valence-corrected chi connectivity index (χ3v) is 5.57. The SMILES string of the molecule is CC(C)(C)COC(=O)C1C[Si](C)(C)CN1C(=O)O. The van der Waals surface area contributed by atoms with Gasteiger partial charge in [-0.1, -0.05) is 33.9 Å². The summed E-state index contributed by atoms with van der Waals surface area (Å²) in [5.41, 5.74) is -0.102. The van der Waals surface area contributed by atoms with Gasteiger partial charge in [-0.25, -0.2) is 9.59 Å². The van der Waals surface area contributed by atoms with E-state index in [-0.39, 0.29) is 5.41 Å². The fourth-order valence-corrected chi connectivity index (χ4v) is 4.91. The Morgan fingerprint density at radius 1 is 1.39 bits per heavy atom. The molecule has 1 N–H and O–H groups in total. The quantitative estimate of drug-likeness (QED) is 0.618. The molecule has 1 rings (SSSR count). The largest absolute Gasteiger partial charge is 0.465 e. The minimum atomic E-state index is -1.62. The summed E-state index contributed by atoms with van der Waals surface area (Å²) in [6.07, 6.45) is -0.511. The van der Waals surface area contributed by atoms with Crippen LogP contribution in [0.25, 0.3) is 0 Å². The van der Waals surface area contributed by atoms with E-state index in [2.05, 4.69) is 13.1 Å². The highest BCUT2D eigenvalue weighted by Crippen LogP contribution is 2.28. The number of hydrogen-bond donors (Lipinski definition) is 1. The monoisotopic (exact) mass is 273 g/mol. The number of hydrogen-bond acceptors (Lipinski definition) is 3. The fraction of sp³-hybridized carbons (Fsp3) is 0.833. The molecule has 0 bridgehead atoms. The van der Waals surface area contributed by atoms with E-state index < -0.39 is 26.2 Å². The average molecular weight is 273 g/mol. The molecule has 1 fully saturated rings. The zero-order valence-electron chi connectivity index (χ0n) is 11.8. The van der Waals surface area contributed by atoms with Crippen molar-refractivity contribution < 1.29 is 19.4 Å². The molecular formula is C12H23NO4Si. The normalized spacial score (nSPS) is 22.9. The molecule has 0 spiro atoms. The van der Waals surface area contributed by atoms with Gasteiger partial charge >= 0.3 is 12.1 Å². The molecule has 0 aromatic rings. The maximum atomic E-state index is 12.0. The first-order valence-electron chi connectivity index (χ1n) is 6.18. The molecule has 0 radical (unpaired) electrons. The van der Waals surface area contributed by atoms with Crippen molar-refractivity contribution in [2.45, 2.75) is 46.0 Å². The minimum absolute atomic E-state index is 0.102. The summed E-state index contributed by atoms with van der Waals surface area (Å²) in [4.78, 5) is 24.4. The van der Waals surface area contributed by atoms with Crippen LogP contribution in [0.15, 0.2) is 0 Å². The molecule has 1 heterocycles. The zero-order valence-corrected chi connectivity index (χ0v) is 12.8. The Kier molecular flexibility index (Phi) is 4.10. The molecule has 1 amide bonds. The van der Waals surface area contributed by atoms with E-state index in [1.807, 2.05) is 20.8 Å². The number of carbonyl (C=O) groups excluding carboxylic acids is 1. The Bertz CT molecular complexity index is 348. The molecule has 0 aromatic heterocycles. The van der Waals surface area contributed by atoms with Gasteiger partial charge in [-0.2, -0.15) is 0 Å². The van der Waals surface area contributed by atoms with Crippen LogP contribution in [-0.4, -0.2) is 49.0 Å². The summed E-state index contributed by atoms with van der Waals surface area (Å²) in [5, 5.41) is 9.13. The van der Waals surface area contributed by atoms with Crippen LogP contribution in [0.2, 0.25) is 19.1 Å². The smallest absolute Gasteiger partial charge is 0.407 e. The molecule has 0 saturated carbocycles. The van der Waals surface area contributed by atoms with Gasteiger partial charge in [0.25, 0.3) is 0 Å². The predicted molar refractivity (Wildman–Crippen MR) is 71.2 cm³/mol. The van der Waals surface area contributed by atoms with Crippen LogP contribution in [0.5, 0.6) is 0 Å². The fourth-order valence-electron chi connectivity index (χ4n) is 2.06. The van der Waals surface area contributed by atoms with Crippen LogP contribution in [-0.2, 0) is 9.53 Å². The first kappa shape index (κ1) is 15.0. The van der Waals surface area contributed by atoms with E-state index in [0.717, 1.165) is 0 Å². The van der Waals surface area contributed by atoms with E-state index in [1.165, 1.54) is 4.90 Å². The summed E-state index contributed by atoms with van der Waals surface area (Å²) in [6, 6.07) is 0.0500. The minimum Gasteiger partial charge on any atom is -0.465 e. The number of carbonyl (C=O) groups is 2. The number of carboxylic acid groups (broad SMARTS) is 1. The van der Waals surface area contributed by atoms with Crippen molar-refractivity contribution in [1.82, 2.24) is 4.90 Å². The summed E-state index contributed by atoms with van der Waals surface area (Å²) in [7, 11) is -1.62. The lowest BCUT2D eigenvalue weighted by Gasteiger charge is -2.23. The first-order chi connectivity index (χ1) is 8.02. The number of ether oxygens (including phenoxy) is 1. The molecule has 0 aliphatic carbocycles. The lowest BCUT2D eigenvalue weighted by molar-refractivity contribution is -0.150. The lowest BCUT2D eigenvalue weighted by atomic mass is 9.99. The van der Waals surface area contributed by atoms with E-state index in [1.54, 1.807) is 0 Å². The molecule has 1 aliphatic heterocycles. The highest BCUT2D eigenvalue weighted by atomic mass is 28.3. The molecule has 1 aliphatic rings. The van der Waals surface area contributed by atoms with Crippen LogP contribution < -0.4 is 0 Å². The van der Waals surface area contributed by atoms with E-state index in [0.29, 0.717) is 18.8 Å². The van der Waals surface area contributed by atoms with Crippen LogP contribution in [0, 0.1) is 5.41 Å². The van der Waals surface area contributed by atoms with Crippen LogP contribution in [0.4, 0.5) is 4.79 Å². The molecule has 6 heteroatoms. The van der Waals surface area contributed by atoms with Crippen molar-refractivity contribution in [2.24, 2.45) is 5.41 Å². The van der Waals surface area contributed by atoms with E-state index in [4.69, 9.17) is 9.84 Å². The summed E-state index contributed by atoms with van der Waals surface area (Å²) >= 11 is 0. The summed E-state index contributed by atoms with van der Waals surface area (Å²) in [5.74, 6) is -0.398. The molecule has 1 atom stereocenters. The average Bonchev–Trinajstić information content (AvgIpc) is 2.50. The molecule has 1 saturated heterocycles. The Hall–Kier alpha value is -1.04. The molecular weight excluding hydrogens is 250 g/mol. The van der Waals surface area contributed by atoms with Crippen molar-refractivity contribution >= 4 is 20.1 Å². The van der Waals surface area contributed by atoms with Gasteiger partial charge in [0.1, 0.15) is 6.04 Å². The van der Waals surface area contributed by atoms with Gasteiger partial charge in [0.15, 0.2) is 0 Å². The van der Waals surface area contributed by atoms with Gasteiger partial charge < -0.3 is 9.84 Å². The second-order valence-corrected chi connectivity index (χ2v) is 12.0. The third-order valence-electron chi connectivity index (χ3n) is 2.89. The summed E-state index contributed by atoms with van der Waals surface area (Å²) in [6.45, 7) is 10.4. The molecule has 0 aromatic carbocycles. The molecule has 18 heavy (non-hydrogen) atoms. The Morgan fingerprint density at radius 2 is 1.94 bits per heavy atom. The number of nitrogens with zero attached hydrogens (tertiary/aromatic N) is 1. The van der Waals surface area contributed by atoms with Crippen LogP contribution in [0.3, 0.4) is 0 Å². The molecule has 5 nitrogen and oxygen atoms in total. The van der Waals surface area contributed by atoms with E-state index >= 15 is 0 Å². The van der Waals surface area contributed by atoms with Crippen LogP contribution in [0.1, 0.15) is 20.8 Å². The second kappa shape index (κ2) is 4.91. The van der Waals surface area contributed by atoms with Gasteiger partial charge in [0.05, 0.1) is 14.7 Å². The number of amides is 1. The maximum Gasteiger partial charge on any atom is 0.407 e. The number of esters is 1.